The molecule has 1 rings (SSSR count). The van der Waals surface area contributed by atoms with Crippen LogP contribution in [0.2, 0.25) is 0 Å². The molecule has 0 aromatic rings. The molecule has 0 radical (unpaired) electrons. The second-order valence-corrected chi connectivity index (χ2v) is 5.78. The maximum absolute atomic E-state index is 11.8. The molecule has 7 nitrogen and oxygen atoms in total. The van der Waals surface area contributed by atoms with Crippen LogP contribution in [0.1, 0.15) is 19.8 Å². The second kappa shape index (κ2) is 11.2. The first-order valence-electron chi connectivity index (χ1n) is 8.42. The second-order valence-electron chi connectivity index (χ2n) is 5.78. The molecular formula is C16H32N4O3. The lowest BCUT2D eigenvalue weighted by molar-refractivity contribution is -0.149. The van der Waals surface area contributed by atoms with Crippen molar-refractivity contribution in [3.63, 3.8) is 0 Å². The summed E-state index contributed by atoms with van der Waals surface area (Å²) in [6, 6.07) is 0. The van der Waals surface area contributed by atoms with Gasteiger partial charge in [0, 0.05) is 46.9 Å². The Hall–Kier alpha value is -1.34. The molecule has 7 heteroatoms. The van der Waals surface area contributed by atoms with Crippen LogP contribution in [0.4, 0.5) is 0 Å². The van der Waals surface area contributed by atoms with E-state index in [1.54, 1.807) is 14.2 Å². The summed E-state index contributed by atoms with van der Waals surface area (Å²) in [6.45, 7) is 7.41. The zero-order valence-corrected chi connectivity index (χ0v) is 15.0. The molecular weight excluding hydrogens is 296 g/mol. The van der Waals surface area contributed by atoms with E-state index in [4.69, 9.17) is 9.47 Å². The highest BCUT2D eigenvalue weighted by Crippen LogP contribution is 2.18. The first-order chi connectivity index (χ1) is 11.1. The highest BCUT2D eigenvalue weighted by Gasteiger charge is 2.27. The highest BCUT2D eigenvalue weighted by atomic mass is 16.5. The summed E-state index contributed by atoms with van der Waals surface area (Å²) in [5, 5.41) is 3.39. The van der Waals surface area contributed by atoms with Crippen molar-refractivity contribution >= 4 is 11.9 Å². The van der Waals surface area contributed by atoms with E-state index in [-0.39, 0.29) is 11.9 Å². The number of likely N-dealkylation sites (tertiary alicyclic amines) is 1. The first-order valence-corrected chi connectivity index (χ1v) is 8.42. The molecule has 1 N–H and O–H groups in total. The summed E-state index contributed by atoms with van der Waals surface area (Å²) in [6.07, 6.45) is 1.65. The number of nitrogens with one attached hydrogen (secondary N) is 1. The van der Waals surface area contributed by atoms with Gasteiger partial charge in [-0.2, -0.15) is 0 Å². The number of methoxy groups -OCH3 is 1. The minimum absolute atomic E-state index is 0.0319. The van der Waals surface area contributed by atoms with Gasteiger partial charge in [-0.3, -0.25) is 9.79 Å². The topological polar surface area (TPSA) is 66.4 Å². The zero-order chi connectivity index (χ0) is 17.1. The van der Waals surface area contributed by atoms with Crippen molar-refractivity contribution in [1.82, 2.24) is 15.1 Å². The quantitative estimate of drug-likeness (QED) is 0.396. The van der Waals surface area contributed by atoms with Crippen LogP contribution in [0.25, 0.3) is 0 Å². The van der Waals surface area contributed by atoms with E-state index < -0.39 is 0 Å². The Morgan fingerprint density at radius 2 is 2.04 bits per heavy atom. The molecule has 1 aliphatic rings. The van der Waals surface area contributed by atoms with Gasteiger partial charge in [-0.05, 0) is 26.8 Å². The molecule has 134 valence electrons. The van der Waals surface area contributed by atoms with Crippen LogP contribution in [0.5, 0.6) is 0 Å². The Balaban J connectivity index is 2.30. The molecule has 0 bridgehead atoms. The fourth-order valence-electron chi connectivity index (χ4n) is 2.64. The predicted octanol–water partition coefficient (Wildman–Crippen LogP) is 0.415. The number of ether oxygens (including phenoxy) is 2. The van der Waals surface area contributed by atoms with Crippen molar-refractivity contribution in [3.05, 3.63) is 0 Å². The number of hydrogen-bond donors (Lipinski definition) is 1. The summed E-state index contributed by atoms with van der Waals surface area (Å²) in [5.74, 6) is 0.881. The number of carbonyl (C=O) groups excluding carboxylic acids is 1. The van der Waals surface area contributed by atoms with E-state index in [1.165, 1.54) is 0 Å². The summed E-state index contributed by atoms with van der Waals surface area (Å²) < 4.78 is 10.2. The van der Waals surface area contributed by atoms with Gasteiger partial charge in [0.2, 0.25) is 0 Å². The molecule has 23 heavy (non-hydrogen) atoms. The van der Waals surface area contributed by atoms with Gasteiger partial charge in [0.15, 0.2) is 5.96 Å². The van der Waals surface area contributed by atoms with Crippen LogP contribution in [0.15, 0.2) is 4.99 Å². The number of carbonyl (C=O) groups is 1. The number of likely N-dealkylation sites (N-methyl/N-ethyl adjacent to an activating group) is 1. The molecule has 0 unspecified atom stereocenters. The number of hydrogen-bond acceptors (Lipinski definition) is 5. The minimum Gasteiger partial charge on any atom is -0.466 e. The monoisotopic (exact) mass is 328 g/mol. The van der Waals surface area contributed by atoms with Gasteiger partial charge in [-0.1, -0.05) is 0 Å². The minimum atomic E-state index is -0.0603. The number of guanidine groups is 1. The zero-order valence-electron chi connectivity index (χ0n) is 15.0. The van der Waals surface area contributed by atoms with E-state index in [2.05, 4.69) is 27.2 Å². The number of piperidine rings is 1. The fraction of sp³-hybridized carbons (Fsp3) is 0.875. The van der Waals surface area contributed by atoms with Crippen molar-refractivity contribution in [2.75, 3.05) is 67.1 Å². The molecule has 0 aromatic heterocycles. The summed E-state index contributed by atoms with van der Waals surface area (Å²) in [4.78, 5) is 20.6. The van der Waals surface area contributed by atoms with E-state index in [0.29, 0.717) is 6.61 Å². The third-order valence-corrected chi connectivity index (χ3v) is 4.08. The van der Waals surface area contributed by atoms with Gasteiger partial charge in [0.05, 0.1) is 19.1 Å². The number of rotatable bonds is 8. The molecule has 0 amide bonds. The van der Waals surface area contributed by atoms with E-state index in [9.17, 15) is 4.79 Å². The Labute approximate surface area is 140 Å². The van der Waals surface area contributed by atoms with Crippen molar-refractivity contribution in [2.24, 2.45) is 10.9 Å². The highest BCUT2D eigenvalue weighted by molar-refractivity contribution is 5.80. The molecule has 1 fully saturated rings. The largest absolute Gasteiger partial charge is 0.466 e. The third kappa shape index (κ3) is 7.18. The van der Waals surface area contributed by atoms with Gasteiger partial charge in [-0.25, -0.2) is 0 Å². The fourth-order valence-corrected chi connectivity index (χ4v) is 2.64. The van der Waals surface area contributed by atoms with Crippen LogP contribution >= 0.6 is 0 Å². The van der Waals surface area contributed by atoms with Gasteiger partial charge >= 0.3 is 5.97 Å². The smallest absolute Gasteiger partial charge is 0.309 e. The first kappa shape index (κ1) is 19.7. The van der Waals surface area contributed by atoms with Crippen molar-refractivity contribution in [3.8, 4) is 0 Å². The van der Waals surface area contributed by atoms with Crippen LogP contribution in [0.3, 0.4) is 0 Å². The summed E-state index contributed by atoms with van der Waals surface area (Å²) in [5.41, 5.74) is 0. The molecule has 1 saturated heterocycles. The number of aliphatic imine (C=N–C) groups is 1. The average Bonchev–Trinajstić information content (AvgIpc) is 2.57. The van der Waals surface area contributed by atoms with Gasteiger partial charge < -0.3 is 24.6 Å². The van der Waals surface area contributed by atoms with Crippen LogP contribution in [0, 0.1) is 5.92 Å². The molecule has 0 saturated carbocycles. The summed E-state index contributed by atoms with van der Waals surface area (Å²) in [7, 11) is 5.59. The predicted molar refractivity (Wildman–Crippen MR) is 91.7 cm³/mol. The van der Waals surface area contributed by atoms with E-state index in [1.807, 2.05) is 6.92 Å². The molecule has 0 spiro atoms. The molecule has 1 aliphatic heterocycles. The molecule has 0 atom stereocenters. The van der Waals surface area contributed by atoms with Crippen LogP contribution in [-0.4, -0.2) is 88.9 Å². The lowest BCUT2D eigenvalue weighted by Crippen LogP contribution is -2.48. The number of nitrogens with zero attached hydrogens (tertiary/aromatic N) is 3. The third-order valence-electron chi connectivity index (χ3n) is 4.08. The van der Waals surface area contributed by atoms with Gasteiger partial charge in [0.25, 0.3) is 0 Å². The van der Waals surface area contributed by atoms with Gasteiger partial charge in [-0.15, -0.1) is 0 Å². The van der Waals surface area contributed by atoms with Gasteiger partial charge in [0.1, 0.15) is 0 Å². The van der Waals surface area contributed by atoms with E-state index in [0.717, 1.165) is 58.1 Å². The van der Waals surface area contributed by atoms with Crippen LogP contribution < -0.4 is 5.32 Å². The Morgan fingerprint density at radius 1 is 1.35 bits per heavy atom. The maximum atomic E-state index is 11.8. The molecule has 1 heterocycles. The average molecular weight is 328 g/mol. The lowest BCUT2D eigenvalue weighted by atomic mass is 9.97. The molecule has 0 aromatic carbocycles. The SMILES string of the molecule is CCOC(=O)C1CCN(C(=NC)NCCN(C)CCOC)CC1. The normalized spacial score (nSPS) is 16.7. The Kier molecular flexibility index (Phi) is 9.63. The Bertz CT molecular complexity index is 368. The van der Waals surface area contributed by atoms with E-state index >= 15 is 0 Å². The van der Waals surface area contributed by atoms with Crippen molar-refractivity contribution in [1.29, 1.82) is 0 Å². The Morgan fingerprint density at radius 3 is 2.61 bits per heavy atom. The number of esters is 1. The van der Waals surface area contributed by atoms with Crippen molar-refractivity contribution < 1.29 is 14.3 Å². The maximum Gasteiger partial charge on any atom is 0.309 e. The van der Waals surface area contributed by atoms with Crippen molar-refractivity contribution in [2.45, 2.75) is 19.8 Å². The van der Waals surface area contributed by atoms with Crippen LogP contribution in [-0.2, 0) is 14.3 Å². The lowest BCUT2D eigenvalue weighted by Gasteiger charge is -2.33. The molecule has 0 aliphatic carbocycles. The standard InChI is InChI=1S/C16H32N4O3/c1-5-23-15(21)14-6-9-20(10-7-14)16(17-2)18-8-11-19(3)12-13-22-4/h14H,5-13H2,1-4H3,(H,17,18). The summed E-state index contributed by atoms with van der Waals surface area (Å²) >= 11 is 0.